The van der Waals surface area contributed by atoms with Crippen LogP contribution in [0.2, 0.25) is 0 Å². The van der Waals surface area contributed by atoms with Gasteiger partial charge in [0.25, 0.3) is 0 Å². The number of hydrogen-bond donors (Lipinski definition) is 3. The van der Waals surface area contributed by atoms with Gasteiger partial charge in [0.1, 0.15) is 0 Å². The van der Waals surface area contributed by atoms with Crippen molar-refractivity contribution in [1.82, 2.24) is 14.9 Å². The van der Waals surface area contributed by atoms with Gasteiger partial charge in [0, 0.05) is 25.5 Å². The molecule has 0 spiro atoms. The Bertz CT molecular complexity index is 638. The van der Waals surface area contributed by atoms with Gasteiger partial charge in [-0.25, -0.2) is 14.6 Å². The summed E-state index contributed by atoms with van der Waals surface area (Å²) in [5.74, 6) is -1.07. The van der Waals surface area contributed by atoms with Crippen LogP contribution in [0, 0.1) is 6.92 Å². The van der Waals surface area contributed by atoms with E-state index in [1.54, 1.807) is 43.8 Å². The highest BCUT2D eigenvalue weighted by Gasteiger charge is 2.14. The van der Waals surface area contributed by atoms with Crippen molar-refractivity contribution < 1.29 is 14.7 Å². The summed E-state index contributed by atoms with van der Waals surface area (Å²) < 4.78 is 1.83. The Kier molecular flexibility index (Phi) is 4.55. The van der Waals surface area contributed by atoms with Crippen LogP contribution in [0.3, 0.4) is 0 Å². The number of carboxylic acid groups (broad SMARTS) is 1. The molecule has 110 valence electrons. The lowest BCUT2D eigenvalue weighted by molar-refractivity contribution is 0.0697. The maximum absolute atomic E-state index is 11.8. The normalized spacial score (nSPS) is 10.1. The van der Waals surface area contributed by atoms with Crippen molar-refractivity contribution in [3.63, 3.8) is 0 Å². The maximum atomic E-state index is 11.8. The van der Waals surface area contributed by atoms with Crippen LogP contribution in [-0.2, 0) is 6.54 Å². The van der Waals surface area contributed by atoms with E-state index in [1.165, 1.54) is 0 Å². The minimum atomic E-state index is -1.07. The Labute approximate surface area is 121 Å². The molecule has 0 aliphatic heterocycles. The number of amides is 2. The molecule has 7 nitrogen and oxygen atoms in total. The topological polar surface area (TPSA) is 96.3 Å². The molecular weight excluding hydrogens is 272 g/mol. The highest BCUT2D eigenvalue weighted by molar-refractivity contribution is 6.01. The fourth-order valence-electron chi connectivity index (χ4n) is 1.94. The van der Waals surface area contributed by atoms with Crippen LogP contribution in [-0.4, -0.2) is 33.2 Å². The number of urea groups is 1. The van der Waals surface area contributed by atoms with Crippen molar-refractivity contribution in [3.8, 4) is 0 Å². The lowest BCUT2D eigenvalue weighted by Crippen LogP contribution is -2.32. The highest BCUT2D eigenvalue weighted by atomic mass is 16.4. The Balaban J connectivity index is 1.93. The van der Waals surface area contributed by atoms with E-state index in [0.29, 0.717) is 18.7 Å². The van der Waals surface area contributed by atoms with E-state index in [2.05, 4.69) is 15.6 Å². The lowest BCUT2D eigenvalue weighted by atomic mass is 10.1. The molecule has 0 aliphatic rings. The smallest absolute Gasteiger partial charge is 0.338 e. The third-order valence-corrected chi connectivity index (χ3v) is 2.95. The number of benzene rings is 1. The van der Waals surface area contributed by atoms with Gasteiger partial charge >= 0.3 is 12.0 Å². The molecule has 0 radical (unpaired) electrons. The zero-order valence-electron chi connectivity index (χ0n) is 11.5. The summed E-state index contributed by atoms with van der Waals surface area (Å²) in [7, 11) is 0. The fourth-order valence-corrected chi connectivity index (χ4v) is 1.94. The molecule has 0 unspecified atom stereocenters. The van der Waals surface area contributed by atoms with Crippen molar-refractivity contribution in [1.29, 1.82) is 0 Å². The van der Waals surface area contributed by atoms with Crippen LogP contribution in [0.5, 0.6) is 0 Å². The Hall–Kier alpha value is -2.83. The first-order valence-corrected chi connectivity index (χ1v) is 6.41. The number of carboxylic acids is 1. The molecule has 2 rings (SSSR count). The van der Waals surface area contributed by atoms with E-state index >= 15 is 0 Å². The van der Waals surface area contributed by atoms with Crippen molar-refractivity contribution in [3.05, 3.63) is 48.0 Å². The molecule has 0 saturated carbocycles. The molecule has 7 heteroatoms. The van der Waals surface area contributed by atoms with Crippen LogP contribution in [0.1, 0.15) is 15.9 Å². The summed E-state index contributed by atoms with van der Waals surface area (Å²) in [5, 5.41) is 14.4. The molecule has 2 amide bonds. The van der Waals surface area contributed by atoms with Gasteiger partial charge in [0.15, 0.2) is 0 Å². The maximum Gasteiger partial charge on any atom is 0.338 e. The largest absolute Gasteiger partial charge is 0.478 e. The second-order valence-corrected chi connectivity index (χ2v) is 4.48. The number of aryl methyl sites for hydroxylation is 1. The van der Waals surface area contributed by atoms with Crippen molar-refractivity contribution in [2.45, 2.75) is 13.5 Å². The summed E-state index contributed by atoms with van der Waals surface area (Å²) in [4.78, 5) is 26.9. The minimum Gasteiger partial charge on any atom is -0.478 e. The van der Waals surface area contributed by atoms with E-state index in [0.717, 1.165) is 0 Å². The van der Waals surface area contributed by atoms with Gasteiger partial charge in [-0.2, -0.15) is 0 Å². The summed E-state index contributed by atoms with van der Waals surface area (Å²) in [6.45, 7) is 2.69. The Morgan fingerprint density at radius 1 is 1.38 bits per heavy atom. The van der Waals surface area contributed by atoms with Crippen LogP contribution in [0.25, 0.3) is 0 Å². The average molecular weight is 288 g/mol. The predicted molar refractivity (Wildman–Crippen MR) is 77.4 cm³/mol. The van der Waals surface area contributed by atoms with Crippen molar-refractivity contribution in [2.75, 3.05) is 11.9 Å². The molecule has 0 fully saturated rings. The van der Waals surface area contributed by atoms with E-state index in [1.807, 2.05) is 4.57 Å². The number of aromatic nitrogens is 2. The third-order valence-electron chi connectivity index (χ3n) is 2.95. The molecule has 3 N–H and O–H groups in total. The molecule has 1 heterocycles. The lowest BCUT2D eigenvalue weighted by Gasteiger charge is -2.11. The molecule has 0 saturated heterocycles. The predicted octanol–water partition coefficient (Wildman–Crippen LogP) is 1.71. The monoisotopic (exact) mass is 288 g/mol. The van der Waals surface area contributed by atoms with Gasteiger partial charge < -0.3 is 20.3 Å². The number of anilines is 1. The Morgan fingerprint density at radius 3 is 2.86 bits per heavy atom. The third kappa shape index (κ3) is 3.82. The number of nitrogens with zero attached hydrogens (tertiary/aromatic N) is 2. The second kappa shape index (κ2) is 6.56. The zero-order chi connectivity index (χ0) is 15.2. The number of carbonyl (C=O) groups excluding carboxylic acids is 1. The zero-order valence-corrected chi connectivity index (χ0v) is 11.5. The second-order valence-electron chi connectivity index (χ2n) is 4.48. The number of hydrogen-bond acceptors (Lipinski definition) is 3. The quantitative estimate of drug-likeness (QED) is 0.780. The molecule has 0 atom stereocenters. The van der Waals surface area contributed by atoms with Gasteiger partial charge in [-0.1, -0.05) is 12.1 Å². The van der Waals surface area contributed by atoms with E-state index in [4.69, 9.17) is 0 Å². The van der Waals surface area contributed by atoms with Crippen LogP contribution < -0.4 is 10.6 Å². The highest BCUT2D eigenvalue weighted by Crippen LogP contribution is 2.19. The van der Waals surface area contributed by atoms with Crippen LogP contribution in [0.4, 0.5) is 10.5 Å². The summed E-state index contributed by atoms with van der Waals surface area (Å²) >= 11 is 0. The first-order chi connectivity index (χ1) is 10.1. The number of rotatable bonds is 5. The molecular formula is C14H16N4O3. The van der Waals surface area contributed by atoms with Gasteiger partial charge in [-0.15, -0.1) is 0 Å². The number of carbonyl (C=O) groups is 2. The molecule has 1 aromatic carbocycles. The molecule has 0 aliphatic carbocycles. The Morgan fingerprint density at radius 2 is 2.19 bits per heavy atom. The first kappa shape index (κ1) is 14.6. The van der Waals surface area contributed by atoms with Crippen LogP contribution in [0.15, 0.2) is 36.9 Å². The summed E-state index contributed by atoms with van der Waals surface area (Å²) in [6.07, 6.45) is 5.11. The summed E-state index contributed by atoms with van der Waals surface area (Å²) in [6, 6.07) is 4.50. The van der Waals surface area contributed by atoms with Crippen molar-refractivity contribution >= 4 is 17.7 Å². The molecule has 1 aromatic heterocycles. The van der Waals surface area contributed by atoms with Crippen LogP contribution >= 0.6 is 0 Å². The average Bonchev–Trinajstić information content (AvgIpc) is 2.91. The van der Waals surface area contributed by atoms with Gasteiger partial charge in [-0.3, -0.25) is 0 Å². The van der Waals surface area contributed by atoms with Gasteiger partial charge in [-0.05, 0) is 18.6 Å². The SMILES string of the molecule is Cc1cccc(NC(=O)NCCn2ccnc2)c1C(=O)O. The fraction of sp³-hybridized carbons (Fsp3) is 0.214. The first-order valence-electron chi connectivity index (χ1n) is 6.41. The van der Waals surface area contributed by atoms with E-state index in [9.17, 15) is 14.7 Å². The number of nitrogens with one attached hydrogen (secondary N) is 2. The summed E-state index contributed by atoms with van der Waals surface area (Å²) in [5.41, 5.74) is 0.976. The van der Waals surface area contributed by atoms with E-state index in [-0.39, 0.29) is 11.3 Å². The molecule has 0 bridgehead atoms. The van der Waals surface area contributed by atoms with E-state index < -0.39 is 12.0 Å². The number of aromatic carboxylic acids is 1. The van der Waals surface area contributed by atoms with Gasteiger partial charge in [0.05, 0.1) is 17.6 Å². The standard InChI is InChI=1S/C14H16N4O3/c1-10-3-2-4-11(12(10)13(19)20)17-14(21)16-6-8-18-7-5-15-9-18/h2-5,7,9H,6,8H2,1H3,(H,19,20)(H2,16,17,21). The number of imidazole rings is 1. The molecule has 2 aromatic rings. The minimum absolute atomic E-state index is 0.0993. The van der Waals surface area contributed by atoms with Crippen molar-refractivity contribution in [2.24, 2.45) is 0 Å². The molecule has 21 heavy (non-hydrogen) atoms. The van der Waals surface area contributed by atoms with Gasteiger partial charge in [0.2, 0.25) is 0 Å².